The molecule has 64 heavy (non-hydrogen) atoms. The Morgan fingerprint density at radius 1 is 0.297 bits per heavy atom. The maximum absolute atomic E-state index is 12.8. The van der Waals surface area contributed by atoms with E-state index in [1.807, 2.05) is 0 Å². The van der Waals surface area contributed by atoms with Gasteiger partial charge >= 0.3 is 17.9 Å². The molecule has 0 aliphatic heterocycles. The Kier molecular flexibility index (Phi) is 51.1. The fraction of sp³-hybridized carbons (Fsp3) is 0.948. The highest BCUT2D eigenvalue weighted by Gasteiger charge is 2.19. The molecule has 0 N–H and O–H groups in total. The molecule has 6 heteroatoms. The second kappa shape index (κ2) is 52.4. The van der Waals surface area contributed by atoms with Crippen LogP contribution in [0.4, 0.5) is 0 Å². The van der Waals surface area contributed by atoms with Gasteiger partial charge in [0.05, 0.1) is 0 Å². The molecule has 0 saturated heterocycles. The van der Waals surface area contributed by atoms with Gasteiger partial charge < -0.3 is 14.2 Å². The number of ether oxygens (including phenoxy) is 3. The lowest BCUT2D eigenvalue weighted by Gasteiger charge is -2.18. The van der Waals surface area contributed by atoms with Crippen LogP contribution >= 0.6 is 0 Å². The fourth-order valence-corrected chi connectivity index (χ4v) is 8.92. The molecule has 0 amide bonds. The Balaban J connectivity index is 4.27. The van der Waals surface area contributed by atoms with E-state index in [4.69, 9.17) is 14.2 Å². The summed E-state index contributed by atoms with van der Waals surface area (Å²) in [5, 5.41) is 0. The quantitative estimate of drug-likeness (QED) is 0.0344. The number of carbonyl (C=O) groups is 3. The zero-order chi connectivity index (χ0) is 46.7. The van der Waals surface area contributed by atoms with Crippen molar-refractivity contribution < 1.29 is 28.6 Å². The molecule has 0 heterocycles. The molecule has 6 nitrogen and oxygen atoms in total. The average Bonchev–Trinajstić information content (AvgIpc) is 3.28. The smallest absolute Gasteiger partial charge is 0.306 e. The van der Waals surface area contributed by atoms with Crippen molar-refractivity contribution in [1.29, 1.82) is 0 Å². The number of hydrogen-bond donors (Lipinski definition) is 0. The van der Waals surface area contributed by atoms with Gasteiger partial charge in [-0.25, -0.2) is 0 Å². The normalized spacial score (nSPS) is 12.0. The van der Waals surface area contributed by atoms with Crippen LogP contribution in [0.5, 0.6) is 0 Å². The lowest BCUT2D eigenvalue weighted by Crippen LogP contribution is -2.30. The minimum absolute atomic E-state index is 0.0622. The summed E-state index contributed by atoms with van der Waals surface area (Å²) in [5.41, 5.74) is 0. The monoisotopic (exact) mass is 905 g/mol. The lowest BCUT2D eigenvalue weighted by atomic mass is 10.0. The fourth-order valence-electron chi connectivity index (χ4n) is 8.92. The van der Waals surface area contributed by atoms with Crippen LogP contribution in [0.15, 0.2) is 0 Å². The number of rotatable bonds is 53. The third-order valence-corrected chi connectivity index (χ3v) is 13.3. The summed E-state index contributed by atoms with van der Waals surface area (Å²) in [6.07, 6.45) is 56.7. The highest BCUT2D eigenvalue weighted by molar-refractivity contribution is 5.71. The molecule has 0 aromatic heterocycles. The third-order valence-electron chi connectivity index (χ3n) is 13.3. The topological polar surface area (TPSA) is 78.9 Å². The van der Waals surface area contributed by atoms with Crippen molar-refractivity contribution >= 4 is 17.9 Å². The summed E-state index contributed by atoms with van der Waals surface area (Å²) in [7, 11) is 0. The number of unbranched alkanes of at least 4 members (excludes halogenated alkanes) is 40. The number of hydrogen-bond acceptors (Lipinski definition) is 6. The summed E-state index contributed by atoms with van der Waals surface area (Å²) < 4.78 is 16.9. The molecule has 0 aromatic rings. The summed E-state index contributed by atoms with van der Waals surface area (Å²) in [6.45, 7) is 9.03. The Morgan fingerprint density at radius 3 is 0.766 bits per heavy atom. The minimum atomic E-state index is -0.762. The first-order valence-electron chi connectivity index (χ1n) is 28.9. The van der Waals surface area contributed by atoms with Crippen LogP contribution in [0.3, 0.4) is 0 Å². The van der Waals surface area contributed by atoms with Crippen LogP contribution < -0.4 is 0 Å². The Bertz CT molecular complexity index is 964. The Morgan fingerprint density at radius 2 is 0.516 bits per heavy atom. The van der Waals surface area contributed by atoms with E-state index in [9.17, 15) is 14.4 Å². The third kappa shape index (κ3) is 51.4. The Hall–Kier alpha value is -1.59. The molecule has 0 fully saturated rings. The van der Waals surface area contributed by atoms with Crippen molar-refractivity contribution in [1.82, 2.24) is 0 Å². The van der Waals surface area contributed by atoms with Crippen LogP contribution in [-0.2, 0) is 28.6 Å². The summed E-state index contributed by atoms with van der Waals surface area (Å²) in [6, 6.07) is 0. The first-order valence-corrected chi connectivity index (χ1v) is 28.9. The van der Waals surface area contributed by atoms with E-state index in [-0.39, 0.29) is 31.1 Å². The zero-order valence-corrected chi connectivity index (χ0v) is 43.8. The van der Waals surface area contributed by atoms with Crippen molar-refractivity contribution in [2.45, 2.75) is 336 Å². The molecular weight excluding hydrogens is 793 g/mol. The lowest BCUT2D eigenvalue weighted by molar-refractivity contribution is -0.167. The molecule has 0 rings (SSSR count). The van der Waals surface area contributed by atoms with Gasteiger partial charge in [0.2, 0.25) is 0 Å². The number of carbonyl (C=O) groups excluding carboxylic acids is 3. The van der Waals surface area contributed by atoms with Gasteiger partial charge in [0.15, 0.2) is 6.10 Å². The van der Waals surface area contributed by atoms with E-state index < -0.39 is 6.10 Å². The first kappa shape index (κ1) is 62.4. The standard InChI is InChI=1S/C58H112O6/c1-5-7-9-11-13-15-17-19-21-22-23-24-26-28-30-34-39-43-47-51-58(61)64-55(53-63-57(60)50-46-42-38-35-31-32-36-40-44-48-54(3)4)52-62-56(59)49-45-41-37-33-29-27-25-20-18-16-14-12-10-8-6-2/h54-55H,5-53H2,1-4H3/t55-/m1/s1. The van der Waals surface area contributed by atoms with Crippen LogP contribution in [0, 0.1) is 5.92 Å². The van der Waals surface area contributed by atoms with Gasteiger partial charge in [0.1, 0.15) is 13.2 Å². The molecule has 1 atom stereocenters. The second-order valence-electron chi connectivity index (χ2n) is 20.4. The van der Waals surface area contributed by atoms with Gasteiger partial charge in [-0.2, -0.15) is 0 Å². The molecule has 0 saturated carbocycles. The minimum Gasteiger partial charge on any atom is -0.462 e. The van der Waals surface area contributed by atoms with Crippen LogP contribution in [0.25, 0.3) is 0 Å². The van der Waals surface area contributed by atoms with Crippen LogP contribution in [0.2, 0.25) is 0 Å². The largest absolute Gasteiger partial charge is 0.462 e. The van der Waals surface area contributed by atoms with Gasteiger partial charge in [-0.3, -0.25) is 14.4 Å². The highest BCUT2D eigenvalue weighted by Crippen LogP contribution is 2.18. The maximum Gasteiger partial charge on any atom is 0.306 e. The van der Waals surface area contributed by atoms with Gasteiger partial charge in [-0.1, -0.05) is 291 Å². The predicted molar refractivity (Wildman–Crippen MR) is 275 cm³/mol. The van der Waals surface area contributed by atoms with Crippen molar-refractivity contribution in [2.75, 3.05) is 13.2 Å². The van der Waals surface area contributed by atoms with Gasteiger partial charge in [-0.15, -0.1) is 0 Å². The SMILES string of the molecule is CCCCCCCCCCCCCCCCCCCCCC(=O)O[C@H](COC(=O)CCCCCCCCCCCCCCCCC)COC(=O)CCCCCCCCCCCC(C)C. The van der Waals surface area contributed by atoms with Crippen LogP contribution in [0.1, 0.15) is 329 Å². The van der Waals surface area contributed by atoms with E-state index >= 15 is 0 Å². The van der Waals surface area contributed by atoms with Gasteiger partial charge in [0.25, 0.3) is 0 Å². The molecule has 0 unspecified atom stereocenters. The second-order valence-corrected chi connectivity index (χ2v) is 20.4. The van der Waals surface area contributed by atoms with E-state index in [1.165, 1.54) is 225 Å². The molecule has 0 aromatic carbocycles. The van der Waals surface area contributed by atoms with Crippen molar-refractivity contribution in [3.63, 3.8) is 0 Å². The maximum atomic E-state index is 12.8. The summed E-state index contributed by atoms with van der Waals surface area (Å²) in [5.74, 6) is -0.0290. The summed E-state index contributed by atoms with van der Waals surface area (Å²) in [4.78, 5) is 38.1. The molecular formula is C58H112O6. The highest BCUT2D eigenvalue weighted by atomic mass is 16.6. The molecule has 380 valence electrons. The molecule has 0 aliphatic carbocycles. The van der Waals surface area contributed by atoms with E-state index in [2.05, 4.69) is 27.7 Å². The van der Waals surface area contributed by atoms with Crippen molar-refractivity contribution in [2.24, 2.45) is 5.92 Å². The van der Waals surface area contributed by atoms with Crippen molar-refractivity contribution in [3.05, 3.63) is 0 Å². The van der Waals surface area contributed by atoms with Crippen molar-refractivity contribution in [3.8, 4) is 0 Å². The van der Waals surface area contributed by atoms with Gasteiger partial charge in [-0.05, 0) is 25.2 Å². The molecule has 0 radical (unpaired) electrons. The van der Waals surface area contributed by atoms with E-state index in [0.29, 0.717) is 19.3 Å². The summed E-state index contributed by atoms with van der Waals surface area (Å²) >= 11 is 0. The molecule has 0 aliphatic rings. The van der Waals surface area contributed by atoms with Crippen LogP contribution in [-0.4, -0.2) is 37.2 Å². The number of esters is 3. The zero-order valence-electron chi connectivity index (χ0n) is 43.8. The average molecular weight is 906 g/mol. The molecule has 0 bridgehead atoms. The Labute approximate surface area is 399 Å². The van der Waals surface area contributed by atoms with E-state index in [1.54, 1.807) is 0 Å². The van der Waals surface area contributed by atoms with Gasteiger partial charge in [0, 0.05) is 19.3 Å². The predicted octanol–water partition coefficient (Wildman–Crippen LogP) is 19.0. The first-order chi connectivity index (χ1) is 31.4. The van der Waals surface area contributed by atoms with E-state index in [0.717, 1.165) is 63.7 Å². The molecule has 0 spiro atoms.